The Morgan fingerprint density at radius 3 is 2.25 bits per heavy atom. The SMILES string of the molecule is O=C(COC(=O)Cc1ccccc1[N+](=O)[O-])Nc1ccccc1C(=O)Nc1ccccc1. The lowest BCUT2D eigenvalue weighted by Gasteiger charge is -2.12. The molecule has 0 aliphatic rings. The fraction of sp³-hybridized carbons (Fsp3) is 0.0870. The van der Waals surface area contributed by atoms with Crippen LogP contribution in [-0.2, 0) is 20.7 Å². The van der Waals surface area contributed by atoms with Crippen LogP contribution in [0.2, 0.25) is 0 Å². The van der Waals surface area contributed by atoms with Crippen LogP contribution in [0.5, 0.6) is 0 Å². The second kappa shape index (κ2) is 10.5. The van der Waals surface area contributed by atoms with Gasteiger partial charge in [-0.25, -0.2) is 0 Å². The Bertz CT molecular complexity index is 1150. The van der Waals surface area contributed by atoms with Gasteiger partial charge in [0.05, 0.1) is 22.6 Å². The summed E-state index contributed by atoms with van der Waals surface area (Å²) in [6.45, 7) is -0.603. The summed E-state index contributed by atoms with van der Waals surface area (Å²) in [7, 11) is 0. The maximum Gasteiger partial charge on any atom is 0.311 e. The molecular weight excluding hydrogens is 414 g/mol. The third kappa shape index (κ3) is 5.99. The molecule has 3 aromatic rings. The number of nitro benzene ring substituents is 1. The zero-order valence-corrected chi connectivity index (χ0v) is 16.8. The van der Waals surface area contributed by atoms with Crippen molar-refractivity contribution in [3.05, 3.63) is 100 Å². The summed E-state index contributed by atoms with van der Waals surface area (Å²) in [6, 6.07) is 21.0. The van der Waals surface area contributed by atoms with Crippen LogP contribution in [-0.4, -0.2) is 29.3 Å². The number of carbonyl (C=O) groups excluding carboxylic acids is 3. The van der Waals surface area contributed by atoms with E-state index in [1.165, 1.54) is 18.2 Å². The molecule has 9 nitrogen and oxygen atoms in total. The molecule has 0 radical (unpaired) electrons. The van der Waals surface area contributed by atoms with Gasteiger partial charge in [0.15, 0.2) is 6.61 Å². The lowest BCUT2D eigenvalue weighted by Crippen LogP contribution is -2.23. The number of carbonyl (C=O) groups is 3. The molecule has 0 unspecified atom stereocenters. The summed E-state index contributed by atoms with van der Waals surface area (Å²) >= 11 is 0. The highest BCUT2D eigenvalue weighted by atomic mass is 16.6. The number of nitrogens with zero attached hydrogens (tertiary/aromatic N) is 1. The summed E-state index contributed by atoms with van der Waals surface area (Å²) in [5, 5.41) is 16.3. The lowest BCUT2D eigenvalue weighted by atomic mass is 10.1. The Morgan fingerprint density at radius 1 is 0.844 bits per heavy atom. The van der Waals surface area contributed by atoms with Crippen molar-refractivity contribution in [1.82, 2.24) is 0 Å². The number of hydrogen-bond acceptors (Lipinski definition) is 6. The number of nitrogens with one attached hydrogen (secondary N) is 2. The fourth-order valence-electron chi connectivity index (χ4n) is 2.89. The van der Waals surface area contributed by atoms with Crippen LogP contribution in [0.25, 0.3) is 0 Å². The Morgan fingerprint density at radius 2 is 1.50 bits per heavy atom. The summed E-state index contributed by atoms with van der Waals surface area (Å²) in [4.78, 5) is 47.3. The average molecular weight is 433 g/mol. The predicted molar refractivity (Wildman–Crippen MR) is 117 cm³/mol. The van der Waals surface area contributed by atoms with Crippen molar-refractivity contribution < 1.29 is 24.0 Å². The van der Waals surface area contributed by atoms with Gasteiger partial charge < -0.3 is 15.4 Å². The topological polar surface area (TPSA) is 128 Å². The molecule has 0 aliphatic carbocycles. The van der Waals surface area contributed by atoms with E-state index in [4.69, 9.17) is 4.74 Å². The highest BCUT2D eigenvalue weighted by molar-refractivity contribution is 6.10. The molecule has 3 rings (SSSR count). The standard InChI is InChI=1S/C23H19N3O6/c27-21(15-32-22(28)14-16-8-4-7-13-20(16)26(30)31)25-19-12-6-5-11-18(19)23(29)24-17-9-2-1-3-10-17/h1-13H,14-15H2,(H,24,29)(H,25,27). The number of rotatable bonds is 8. The van der Waals surface area contributed by atoms with E-state index in [-0.39, 0.29) is 28.9 Å². The fourth-order valence-corrected chi connectivity index (χ4v) is 2.89. The van der Waals surface area contributed by atoms with Crippen molar-refractivity contribution in [1.29, 1.82) is 0 Å². The number of para-hydroxylation sites is 3. The first-order valence-corrected chi connectivity index (χ1v) is 9.57. The van der Waals surface area contributed by atoms with Gasteiger partial charge in [-0.05, 0) is 24.3 Å². The van der Waals surface area contributed by atoms with Gasteiger partial charge in [0.2, 0.25) is 0 Å². The lowest BCUT2D eigenvalue weighted by molar-refractivity contribution is -0.385. The molecule has 2 N–H and O–H groups in total. The van der Waals surface area contributed by atoms with Crippen LogP contribution in [0, 0.1) is 10.1 Å². The molecular formula is C23H19N3O6. The number of esters is 1. The van der Waals surface area contributed by atoms with E-state index in [0.717, 1.165) is 0 Å². The van der Waals surface area contributed by atoms with E-state index in [1.54, 1.807) is 54.6 Å². The quantitative estimate of drug-likeness (QED) is 0.318. The molecule has 0 aliphatic heterocycles. The molecule has 162 valence electrons. The van der Waals surface area contributed by atoms with Crippen molar-refractivity contribution in [2.75, 3.05) is 17.2 Å². The molecule has 0 spiro atoms. The van der Waals surface area contributed by atoms with Crippen LogP contribution in [0.4, 0.5) is 17.1 Å². The minimum atomic E-state index is -0.787. The molecule has 0 heterocycles. The second-order valence-corrected chi connectivity index (χ2v) is 6.64. The third-order valence-corrected chi connectivity index (χ3v) is 4.36. The van der Waals surface area contributed by atoms with E-state index in [1.807, 2.05) is 6.07 Å². The van der Waals surface area contributed by atoms with Gasteiger partial charge >= 0.3 is 5.97 Å². The van der Waals surface area contributed by atoms with Crippen LogP contribution < -0.4 is 10.6 Å². The summed E-state index contributed by atoms with van der Waals surface area (Å²) in [5.41, 5.74) is 1.07. The maximum absolute atomic E-state index is 12.6. The Hall–Kier alpha value is -4.53. The zero-order valence-electron chi connectivity index (χ0n) is 16.8. The summed E-state index contributed by atoms with van der Waals surface area (Å²) in [5.74, 6) is -1.86. The van der Waals surface area contributed by atoms with E-state index < -0.39 is 29.3 Å². The van der Waals surface area contributed by atoms with Gasteiger partial charge in [0.1, 0.15) is 0 Å². The van der Waals surface area contributed by atoms with E-state index >= 15 is 0 Å². The van der Waals surface area contributed by atoms with Gasteiger partial charge in [-0.1, -0.05) is 48.5 Å². The van der Waals surface area contributed by atoms with Gasteiger partial charge in [-0.3, -0.25) is 24.5 Å². The van der Waals surface area contributed by atoms with Crippen molar-refractivity contribution in [3.63, 3.8) is 0 Å². The first-order chi connectivity index (χ1) is 15.4. The first kappa shape index (κ1) is 22.2. The number of ether oxygens (including phenoxy) is 1. The van der Waals surface area contributed by atoms with Crippen molar-refractivity contribution >= 4 is 34.8 Å². The number of anilines is 2. The molecule has 0 saturated carbocycles. The molecule has 3 aromatic carbocycles. The van der Waals surface area contributed by atoms with Gasteiger partial charge in [-0.2, -0.15) is 0 Å². The number of hydrogen-bond donors (Lipinski definition) is 2. The van der Waals surface area contributed by atoms with Crippen LogP contribution in [0.15, 0.2) is 78.9 Å². The number of amides is 2. The molecule has 9 heteroatoms. The molecule has 0 fully saturated rings. The molecule has 0 atom stereocenters. The van der Waals surface area contributed by atoms with Crippen LogP contribution in [0.3, 0.4) is 0 Å². The van der Waals surface area contributed by atoms with Crippen LogP contribution >= 0.6 is 0 Å². The minimum absolute atomic E-state index is 0.186. The smallest absolute Gasteiger partial charge is 0.311 e. The van der Waals surface area contributed by atoms with Gasteiger partial charge in [-0.15, -0.1) is 0 Å². The van der Waals surface area contributed by atoms with Gasteiger partial charge in [0, 0.05) is 17.3 Å². The largest absolute Gasteiger partial charge is 0.455 e. The monoisotopic (exact) mass is 433 g/mol. The number of benzene rings is 3. The average Bonchev–Trinajstić information content (AvgIpc) is 2.79. The van der Waals surface area contributed by atoms with Crippen LogP contribution in [0.1, 0.15) is 15.9 Å². The molecule has 0 aromatic heterocycles. The Kier molecular flexibility index (Phi) is 7.26. The maximum atomic E-state index is 12.6. The third-order valence-electron chi connectivity index (χ3n) is 4.36. The predicted octanol–water partition coefficient (Wildman–Crippen LogP) is 3.57. The Balaban J connectivity index is 1.58. The highest BCUT2D eigenvalue weighted by Crippen LogP contribution is 2.19. The molecule has 32 heavy (non-hydrogen) atoms. The normalized spacial score (nSPS) is 10.1. The van der Waals surface area contributed by atoms with Crippen molar-refractivity contribution in [3.8, 4) is 0 Å². The summed E-state index contributed by atoms with van der Waals surface area (Å²) < 4.78 is 4.94. The van der Waals surface area contributed by atoms with E-state index in [2.05, 4.69) is 10.6 Å². The molecule has 0 bridgehead atoms. The van der Waals surface area contributed by atoms with Crippen molar-refractivity contribution in [2.24, 2.45) is 0 Å². The van der Waals surface area contributed by atoms with Crippen molar-refractivity contribution in [2.45, 2.75) is 6.42 Å². The van der Waals surface area contributed by atoms with E-state index in [9.17, 15) is 24.5 Å². The summed E-state index contributed by atoms with van der Waals surface area (Å²) in [6.07, 6.45) is -0.347. The second-order valence-electron chi connectivity index (χ2n) is 6.64. The molecule has 0 saturated heterocycles. The Labute approximate surface area is 183 Å². The number of nitro groups is 1. The first-order valence-electron chi connectivity index (χ1n) is 9.57. The highest BCUT2D eigenvalue weighted by Gasteiger charge is 2.18. The van der Waals surface area contributed by atoms with Gasteiger partial charge in [0.25, 0.3) is 17.5 Å². The minimum Gasteiger partial charge on any atom is -0.455 e. The molecule has 2 amide bonds. The zero-order chi connectivity index (χ0) is 22.9. The van der Waals surface area contributed by atoms with E-state index in [0.29, 0.717) is 5.69 Å².